The molecule has 1 N–H and O–H groups in total. The summed E-state index contributed by atoms with van der Waals surface area (Å²) in [6, 6.07) is 5.68. The molecule has 0 bridgehead atoms. The van der Waals surface area contributed by atoms with Crippen molar-refractivity contribution >= 4 is 27.5 Å². The zero-order valence-corrected chi connectivity index (χ0v) is 11.7. The van der Waals surface area contributed by atoms with E-state index in [1.165, 1.54) is 0 Å². The molecular formula is C12H12BrClN2O. The number of aromatic nitrogens is 1. The molecule has 0 amide bonds. The summed E-state index contributed by atoms with van der Waals surface area (Å²) < 4.78 is 6.49. The van der Waals surface area contributed by atoms with Crippen molar-refractivity contribution in [1.29, 1.82) is 0 Å². The van der Waals surface area contributed by atoms with Gasteiger partial charge in [-0.25, -0.2) is 4.98 Å². The Morgan fingerprint density at radius 2 is 2.29 bits per heavy atom. The first-order chi connectivity index (χ1) is 8.20. The number of hydrogen-bond acceptors (Lipinski definition) is 3. The average Bonchev–Trinajstić information content (AvgIpc) is 2.79. The van der Waals surface area contributed by atoms with E-state index in [1.807, 2.05) is 25.1 Å². The van der Waals surface area contributed by atoms with Gasteiger partial charge in [0.25, 0.3) is 0 Å². The van der Waals surface area contributed by atoms with Gasteiger partial charge in [0, 0.05) is 10.0 Å². The van der Waals surface area contributed by atoms with Gasteiger partial charge in [-0.05, 0) is 40.7 Å². The van der Waals surface area contributed by atoms with Gasteiger partial charge < -0.3 is 9.73 Å². The van der Waals surface area contributed by atoms with Crippen molar-refractivity contribution in [3.05, 3.63) is 39.8 Å². The van der Waals surface area contributed by atoms with Crippen LogP contribution in [0.3, 0.4) is 0 Å². The van der Waals surface area contributed by atoms with Crippen LogP contribution in [0.25, 0.3) is 11.3 Å². The van der Waals surface area contributed by atoms with Gasteiger partial charge in [-0.15, -0.1) is 0 Å². The minimum atomic E-state index is 0.640. The standard InChI is InChI=1S/C12H12BrClN2O/c1-2-15-7-12-16-6-11(17-12)8-3-4-9(13)10(14)5-8/h3-6,15H,2,7H2,1H3. The Morgan fingerprint density at radius 3 is 3.00 bits per heavy atom. The summed E-state index contributed by atoms with van der Waals surface area (Å²) >= 11 is 9.39. The van der Waals surface area contributed by atoms with E-state index in [-0.39, 0.29) is 0 Å². The molecule has 17 heavy (non-hydrogen) atoms. The topological polar surface area (TPSA) is 38.1 Å². The predicted octanol–water partition coefficient (Wildman–Crippen LogP) is 3.87. The predicted molar refractivity (Wildman–Crippen MR) is 72.0 cm³/mol. The van der Waals surface area contributed by atoms with E-state index in [4.69, 9.17) is 16.0 Å². The highest BCUT2D eigenvalue weighted by atomic mass is 79.9. The summed E-state index contributed by atoms with van der Waals surface area (Å²) in [6.45, 7) is 3.57. The lowest BCUT2D eigenvalue weighted by Crippen LogP contribution is -2.11. The van der Waals surface area contributed by atoms with Gasteiger partial charge in [0.05, 0.1) is 17.8 Å². The average molecular weight is 316 g/mol. The first kappa shape index (κ1) is 12.6. The van der Waals surface area contributed by atoms with E-state index < -0.39 is 0 Å². The second-order valence-corrected chi connectivity index (χ2v) is 4.79. The van der Waals surface area contributed by atoms with Crippen LogP contribution in [0.5, 0.6) is 0 Å². The van der Waals surface area contributed by atoms with E-state index in [9.17, 15) is 0 Å². The van der Waals surface area contributed by atoms with Gasteiger partial charge in [0.1, 0.15) is 0 Å². The van der Waals surface area contributed by atoms with Gasteiger partial charge in [-0.1, -0.05) is 18.5 Å². The first-order valence-electron chi connectivity index (χ1n) is 5.31. The summed E-state index contributed by atoms with van der Waals surface area (Å²) in [7, 11) is 0. The summed E-state index contributed by atoms with van der Waals surface area (Å²) in [5.41, 5.74) is 0.924. The van der Waals surface area contributed by atoms with Crippen LogP contribution in [-0.2, 0) is 6.54 Å². The van der Waals surface area contributed by atoms with Crippen LogP contribution >= 0.6 is 27.5 Å². The van der Waals surface area contributed by atoms with Crippen LogP contribution in [0.1, 0.15) is 12.8 Å². The molecule has 0 aliphatic rings. The Kier molecular flexibility index (Phi) is 4.20. The minimum Gasteiger partial charge on any atom is -0.439 e. The fourth-order valence-corrected chi connectivity index (χ4v) is 1.83. The van der Waals surface area contributed by atoms with Crippen molar-refractivity contribution in [1.82, 2.24) is 10.3 Å². The monoisotopic (exact) mass is 314 g/mol. The normalized spacial score (nSPS) is 10.8. The van der Waals surface area contributed by atoms with E-state index in [0.717, 1.165) is 22.3 Å². The largest absolute Gasteiger partial charge is 0.439 e. The molecular weight excluding hydrogens is 304 g/mol. The smallest absolute Gasteiger partial charge is 0.208 e. The molecule has 0 aliphatic heterocycles. The molecule has 1 heterocycles. The molecule has 0 saturated carbocycles. The number of hydrogen-bond donors (Lipinski definition) is 1. The fourth-order valence-electron chi connectivity index (χ4n) is 1.41. The van der Waals surface area contributed by atoms with Crippen molar-refractivity contribution in [2.24, 2.45) is 0 Å². The summed E-state index contributed by atoms with van der Waals surface area (Å²) in [4.78, 5) is 4.20. The number of benzene rings is 1. The molecule has 0 fully saturated rings. The van der Waals surface area contributed by atoms with Gasteiger partial charge in [0.15, 0.2) is 5.76 Å². The molecule has 0 aliphatic carbocycles. The third-order valence-corrected chi connectivity index (χ3v) is 3.52. The summed E-state index contributed by atoms with van der Waals surface area (Å²) in [5, 5.41) is 3.82. The summed E-state index contributed by atoms with van der Waals surface area (Å²) in [5.74, 6) is 1.41. The Morgan fingerprint density at radius 1 is 1.47 bits per heavy atom. The number of nitrogens with zero attached hydrogens (tertiary/aromatic N) is 1. The van der Waals surface area contributed by atoms with E-state index in [1.54, 1.807) is 6.20 Å². The fraction of sp³-hybridized carbons (Fsp3) is 0.250. The lowest BCUT2D eigenvalue weighted by molar-refractivity contribution is 0.482. The molecule has 2 rings (SSSR count). The molecule has 1 aromatic heterocycles. The molecule has 0 unspecified atom stereocenters. The molecule has 5 heteroatoms. The van der Waals surface area contributed by atoms with E-state index >= 15 is 0 Å². The second-order valence-electron chi connectivity index (χ2n) is 3.53. The molecule has 0 radical (unpaired) electrons. The zero-order valence-electron chi connectivity index (χ0n) is 9.34. The van der Waals surface area contributed by atoms with E-state index in [0.29, 0.717) is 17.5 Å². The van der Waals surface area contributed by atoms with Crippen molar-refractivity contribution in [2.45, 2.75) is 13.5 Å². The van der Waals surface area contributed by atoms with Gasteiger partial charge in [0.2, 0.25) is 5.89 Å². The number of halogens is 2. The molecule has 0 spiro atoms. The Bertz CT molecular complexity index is 513. The molecule has 0 saturated heterocycles. The highest BCUT2D eigenvalue weighted by molar-refractivity contribution is 9.10. The maximum atomic E-state index is 6.03. The zero-order chi connectivity index (χ0) is 12.3. The Balaban J connectivity index is 2.21. The lowest BCUT2D eigenvalue weighted by Gasteiger charge is -1.99. The number of oxazole rings is 1. The van der Waals surface area contributed by atoms with Crippen LogP contribution < -0.4 is 5.32 Å². The quantitative estimate of drug-likeness (QED) is 0.931. The number of nitrogens with one attached hydrogen (secondary N) is 1. The third-order valence-electron chi connectivity index (χ3n) is 2.28. The van der Waals surface area contributed by atoms with Gasteiger partial charge in [-0.3, -0.25) is 0 Å². The van der Waals surface area contributed by atoms with Crippen molar-refractivity contribution < 1.29 is 4.42 Å². The molecule has 3 nitrogen and oxygen atoms in total. The maximum Gasteiger partial charge on any atom is 0.208 e. The van der Waals surface area contributed by atoms with Crippen LogP contribution in [0.15, 0.2) is 33.3 Å². The van der Waals surface area contributed by atoms with Crippen LogP contribution in [0.2, 0.25) is 5.02 Å². The van der Waals surface area contributed by atoms with Crippen molar-refractivity contribution in [2.75, 3.05) is 6.54 Å². The van der Waals surface area contributed by atoms with Crippen LogP contribution in [0, 0.1) is 0 Å². The van der Waals surface area contributed by atoms with Crippen LogP contribution in [-0.4, -0.2) is 11.5 Å². The maximum absolute atomic E-state index is 6.03. The van der Waals surface area contributed by atoms with Crippen LogP contribution in [0.4, 0.5) is 0 Å². The highest BCUT2D eigenvalue weighted by Crippen LogP contribution is 2.29. The Labute approximate surface area is 113 Å². The lowest BCUT2D eigenvalue weighted by atomic mass is 10.2. The molecule has 90 valence electrons. The highest BCUT2D eigenvalue weighted by Gasteiger charge is 2.07. The van der Waals surface area contributed by atoms with Crippen molar-refractivity contribution in [3.8, 4) is 11.3 Å². The summed E-state index contributed by atoms with van der Waals surface area (Å²) in [6.07, 6.45) is 1.71. The van der Waals surface area contributed by atoms with E-state index in [2.05, 4.69) is 26.2 Å². The number of rotatable bonds is 4. The molecule has 1 aromatic carbocycles. The van der Waals surface area contributed by atoms with Gasteiger partial charge >= 0.3 is 0 Å². The minimum absolute atomic E-state index is 0.640. The van der Waals surface area contributed by atoms with Gasteiger partial charge in [-0.2, -0.15) is 0 Å². The van der Waals surface area contributed by atoms with Crippen molar-refractivity contribution in [3.63, 3.8) is 0 Å². The molecule has 2 aromatic rings. The second kappa shape index (κ2) is 5.67. The SMILES string of the molecule is CCNCc1ncc(-c2ccc(Br)c(Cl)c2)o1. The molecule has 0 atom stereocenters. The Hall–Kier alpha value is -0.840. The third kappa shape index (κ3) is 3.09. The first-order valence-corrected chi connectivity index (χ1v) is 6.48.